The summed E-state index contributed by atoms with van der Waals surface area (Å²) in [5.41, 5.74) is 3.71. The smallest absolute Gasteiger partial charge is 0.264 e. The van der Waals surface area contributed by atoms with Gasteiger partial charge in [0.1, 0.15) is 12.6 Å². The minimum absolute atomic E-state index is 0.0671. The number of hydrogen-bond acceptors (Lipinski definition) is 4. The molecule has 1 fully saturated rings. The van der Waals surface area contributed by atoms with Gasteiger partial charge in [-0.15, -0.1) is 0 Å². The molecule has 2 amide bonds. The summed E-state index contributed by atoms with van der Waals surface area (Å²) in [6.07, 6.45) is 5.53. The number of rotatable bonds is 11. The summed E-state index contributed by atoms with van der Waals surface area (Å²) >= 11 is 6.43. The van der Waals surface area contributed by atoms with Gasteiger partial charge in [-0.2, -0.15) is 0 Å². The molecule has 1 aliphatic rings. The number of carbonyl (C=O) groups excluding carboxylic acids is 2. The monoisotopic (exact) mass is 623 g/mol. The number of anilines is 1. The van der Waals surface area contributed by atoms with Gasteiger partial charge in [-0.3, -0.25) is 13.9 Å². The highest BCUT2D eigenvalue weighted by Crippen LogP contribution is 2.31. The standard InChI is InChI=1S/C34H42ClN3O4S/c1-5-31(34(40)36-28-10-7-6-8-11-28)37(22-27-18-14-24(2)15-19-27)33(39)23-38(32-13-9-12-30(35)26(32)4)43(41,42)29-20-16-25(3)17-21-29/h9,12-21,28,31H,5-8,10-11,22-23H2,1-4H3,(H,36,40)/t31-/m0/s1. The summed E-state index contributed by atoms with van der Waals surface area (Å²) in [6.45, 7) is 7.16. The Morgan fingerprint density at radius 2 is 1.51 bits per heavy atom. The molecule has 1 atom stereocenters. The van der Waals surface area contributed by atoms with Crippen LogP contribution in [0.2, 0.25) is 5.02 Å². The first-order valence-corrected chi connectivity index (χ1v) is 16.8. The summed E-state index contributed by atoms with van der Waals surface area (Å²) in [7, 11) is -4.17. The van der Waals surface area contributed by atoms with Crippen molar-refractivity contribution in [2.75, 3.05) is 10.8 Å². The van der Waals surface area contributed by atoms with Gasteiger partial charge in [0.15, 0.2) is 0 Å². The van der Waals surface area contributed by atoms with E-state index in [0.717, 1.165) is 53.1 Å². The molecule has 7 nitrogen and oxygen atoms in total. The Morgan fingerprint density at radius 3 is 2.12 bits per heavy atom. The fraction of sp³-hybridized carbons (Fsp3) is 0.412. The van der Waals surface area contributed by atoms with Gasteiger partial charge >= 0.3 is 0 Å². The number of halogens is 1. The predicted octanol–water partition coefficient (Wildman–Crippen LogP) is 6.72. The number of nitrogens with zero attached hydrogens (tertiary/aromatic N) is 2. The third-order valence-corrected chi connectivity index (χ3v) is 10.4. The molecule has 4 rings (SSSR count). The van der Waals surface area contributed by atoms with Crippen molar-refractivity contribution in [3.8, 4) is 0 Å². The minimum Gasteiger partial charge on any atom is -0.352 e. The highest BCUT2D eigenvalue weighted by molar-refractivity contribution is 7.92. The lowest BCUT2D eigenvalue weighted by Gasteiger charge is -2.35. The first kappa shape index (κ1) is 32.6. The van der Waals surface area contributed by atoms with Crippen LogP contribution in [0.25, 0.3) is 0 Å². The van der Waals surface area contributed by atoms with Crippen LogP contribution in [0, 0.1) is 20.8 Å². The lowest BCUT2D eigenvalue weighted by Crippen LogP contribution is -2.54. The molecule has 1 N–H and O–H groups in total. The predicted molar refractivity (Wildman–Crippen MR) is 173 cm³/mol. The number of sulfonamides is 1. The number of benzene rings is 3. The lowest BCUT2D eigenvalue weighted by atomic mass is 9.95. The molecule has 0 aromatic heterocycles. The molecule has 230 valence electrons. The first-order valence-electron chi connectivity index (χ1n) is 15.0. The second kappa shape index (κ2) is 14.4. The molecule has 9 heteroatoms. The van der Waals surface area contributed by atoms with Crippen LogP contribution in [0.3, 0.4) is 0 Å². The molecule has 0 bridgehead atoms. The largest absolute Gasteiger partial charge is 0.352 e. The summed E-state index contributed by atoms with van der Waals surface area (Å²) < 4.78 is 29.4. The SMILES string of the molecule is CC[C@@H](C(=O)NC1CCCCC1)N(Cc1ccc(C)cc1)C(=O)CN(c1cccc(Cl)c1C)S(=O)(=O)c1ccc(C)cc1. The molecule has 1 saturated carbocycles. The van der Waals surface area contributed by atoms with Gasteiger partial charge in [0, 0.05) is 17.6 Å². The van der Waals surface area contributed by atoms with Crippen molar-refractivity contribution >= 4 is 39.1 Å². The fourth-order valence-electron chi connectivity index (χ4n) is 5.57. The molecule has 0 spiro atoms. The average Bonchev–Trinajstić information content (AvgIpc) is 2.99. The van der Waals surface area contributed by atoms with Gasteiger partial charge in [0.25, 0.3) is 10.0 Å². The minimum atomic E-state index is -4.17. The van der Waals surface area contributed by atoms with Crippen molar-refractivity contribution in [1.82, 2.24) is 10.2 Å². The Kier molecular flexibility index (Phi) is 10.9. The van der Waals surface area contributed by atoms with E-state index in [9.17, 15) is 18.0 Å². The van der Waals surface area contributed by atoms with Crippen LogP contribution < -0.4 is 9.62 Å². The van der Waals surface area contributed by atoms with Gasteiger partial charge in [0.2, 0.25) is 11.8 Å². The van der Waals surface area contributed by atoms with Crippen LogP contribution in [0.15, 0.2) is 71.6 Å². The lowest BCUT2D eigenvalue weighted by molar-refractivity contribution is -0.140. The van der Waals surface area contributed by atoms with E-state index in [4.69, 9.17) is 11.6 Å². The third kappa shape index (κ3) is 7.98. The van der Waals surface area contributed by atoms with Crippen LogP contribution in [-0.4, -0.2) is 43.8 Å². The normalized spacial score (nSPS) is 14.6. The first-order chi connectivity index (χ1) is 20.5. The quantitative estimate of drug-likeness (QED) is 0.257. The van der Waals surface area contributed by atoms with Crippen molar-refractivity contribution in [3.05, 3.63) is 94.0 Å². The van der Waals surface area contributed by atoms with Gasteiger partial charge < -0.3 is 10.2 Å². The van der Waals surface area contributed by atoms with Crippen LogP contribution >= 0.6 is 11.6 Å². The Bertz CT molecular complexity index is 1520. The molecule has 0 radical (unpaired) electrons. The van der Waals surface area contributed by atoms with Gasteiger partial charge in [-0.1, -0.05) is 91.4 Å². The maximum absolute atomic E-state index is 14.3. The van der Waals surface area contributed by atoms with E-state index in [1.54, 1.807) is 49.4 Å². The summed E-state index contributed by atoms with van der Waals surface area (Å²) in [5, 5.41) is 3.57. The van der Waals surface area contributed by atoms with Crippen molar-refractivity contribution in [2.24, 2.45) is 0 Å². The average molecular weight is 624 g/mol. The van der Waals surface area contributed by atoms with Crippen LogP contribution in [0.5, 0.6) is 0 Å². The number of amides is 2. The van der Waals surface area contributed by atoms with Crippen molar-refractivity contribution in [2.45, 2.75) is 89.7 Å². The second-order valence-corrected chi connectivity index (χ2v) is 13.8. The Balaban J connectivity index is 1.73. The van der Waals surface area contributed by atoms with E-state index in [2.05, 4.69) is 5.32 Å². The Hall–Kier alpha value is -3.36. The van der Waals surface area contributed by atoms with E-state index in [1.807, 2.05) is 45.0 Å². The Labute approximate surface area is 261 Å². The topological polar surface area (TPSA) is 86.8 Å². The zero-order chi connectivity index (χ0) is 31.1. The summed E-state index contributed by atoms with van der Waals surface area (Å²) in [5.74, 6) is -0.678. The van der Waals surface area contributed by atoms with Crippen molar-refractivity contribution in [1.29, 1.82) is 0 Å². The zero-order valence-electron chi connectivity index (χ0n) is 25.5. The van der Waals surface area contributed by atoms with Crippen LogP contribution in [0.1, 0.15) is 67.7 Å². The van der Waals surface area contributed by atoms with Crippen LogP contribution in [-0.2, 0) is 26.2 Å². The maximum Gasteiger partial charge on any atom is 0.264 e. The molecule has 1 aliphatic carbocycles. The van der Waals surface area contributed by atoms with E-state index >= 15 is 0 Å². The summed E-state index contributed by atoms with van der Waals surface area (Å²) in [4.78, 5) is 29.6. The number of carbonyl (C=O) groups is 2. The van der Waals surface area contributed by atoms with E-state index in [1.165, 1.54) is 4.90 Å². The molecular weight excluding hydrogens is 582 g/mol. The molecule has 0 saturated heterocycles. The molecule has 3 aromatic rings. The van der Waals surface area contributed by atoms with Gasteiger partial charge in [-0.05, 0) is 75.4 Å². The molecule has 3 aromatic carbocycles. The van der Waals surface area contributed by atoms with Gasteiger partial charge in [-0.25, -0.2) is 8.42 Å². The van der Waals surface area contributed by atoms with Crippen molar-refractivity contribution < 1.29 is 18.0 Å². The highest BCUT2D eigenvalue weighted by atomic mass is 35.5. The molecular formula is C34H42ClN3O4S. The molecule has 43 heavy (non-hydrogen) atoms. The van der Waals surface area contributed by atoms with E-state index in [-0.39, 0.29) is 23.4 Å². The molecule has 0 aliphatic heterocycles. The zero-order valence-corrected chi connectivity index (χ0v) is 27.0. The number of aryl methyl sites for hydroxylation is 2. The Morgan fingerprint density at radius 1 is 0.907 bits per heavy atom. The van der Waals surface area contributed by atoms with Crippen molar-refractivity contribution in [3.63, 3.8) is 0 Å². The number of nitrogens with one attached hydrogen (secondary N) is 1. The van der Waals surface area contributed by atoms with Gasteiger partial charge in [0.05, 0.1) is 10.6 Å². The maximum atomic E-state index is 14.3. The summed E-state index contributed by atoms with van der Waals surface area (Å²) in [6, 6.07) is 18.7. The van der Waals surface area contributed by atoms with E-state index in [0.29, 0.717) is 22.7 Å². The second-order valence-electron chi connectivity index (χ2n) is 11.5. The molecule has 0 heterocycles. The molecule has 0 unspecified atom stereocenters. The third-order valence-electron chi connectivity index (χ3n) is 8.21. The van der Waals surface area contributed by atoms with Crippen LogP contribution in [0.4, 0.5) is 5.69 Å². The highest BCUT2D eigenvalue weighted by Gasteiger charge is 2.35. The van der Waals surface area contributed by atoms with E-state index < -0.39 is 28.5 Å². The fourth-order valence-corrected chi connectivity index (χ4v) is 7.21. The number of hydrogen-bond donors (Lipinski definition) is 1.